The van der Waals surface area contributed by atoms with Gasteiger partial charge in [0.2, 0.25) is 5.91 Å². The van der Waals surface area contributed by atoms with Crippen molar-refractivity contribution in [2.24, 2.45) is 0 Å². The van der Waals surface area contributed by atoms with Crippen LogP contribution >= 0.6 is 11.8 Å². The van der Waals surface area contributed by atoms with E-state index in [4.69, 9.17) is 4.74 Å². The number of carbonyl (C=O) groups is 3. The average molecular weight is 381 g/mol. The third kappa shape index (κ3) is 9.93. The number of hydrogen-bond acceptors (Lipinski definition) is 6. The van der Waals surface area contributed by atoms with Gasteiger partial charge in [-0.1, -0.05) is 30.3 Å². The lowest BCUT2D eigenvalue weighted by Crippen LogP contribution is -2.50. The second kappa shape index (κ2) is 10.7. The highest BCUT2D eigenvalue weighted by Crippen LogP contribution is 2.08. The lowest BCUT2D eigenvalue weighted by atomic mass is 10.1. The van der Waals surface area contributed by atoms with Gasteiger partial charge in [-0.25, -0.2) is 4.79 Å². The van der Waals surface area contributed by atoms with Crippen LogP contribution in [0.1, 0.15) is 26.3 Å². The van der Waals surface area contributed by atoms with Crippen molar-refractivity contribution in [2.75, 3.05) is 18.1 Å². The number of aliphatic carboxylic acids is 1. The van der Waals surface area contributed by atoms with Crippen LogP contribution in [0.4, 0.5) is 4.79 Å². The number of alkyl carbamates (subject to hydrolysis) is 1. The molecule has 2 amide bonds. The monoisotopic (exact) mass is 381 g/mol. The zero-order valence-electron chi connectivity index (χ0n) is 15.2. The molecular formula is C18H25N2O5S-. The Morgan fingerprint density at radius 1 is 1.19 bits per heavy atom. The smallest absolute Gasteiger partial charge is 0.408 e. The van der Waals surface area contributed by atoms with Gasteiger partial charge in [0, 0.05) is 12.3 Å². The van der Waals surface area contributed by atoms with Crippen molar-refractivity contribution in [3.8, 4) is 0 Å². The fourth-order valence-corrected chi connectivity index (χ4v) is 2.79. The molecule has 0 spiro atoms. The van der Waals surface area contributed by atoms with Gasteiger partial charge in [0.15, 0.2) is 0 Å². The Balaban J connectivity index is 2.28. The van der Waals surface area contributed by atoms with E-state index in [-0.39, 0.29) is 17.4 Å². The molecule has 26 heavy (non-hydrogen) atoms. The Kier molecular flexibility index (Phi) is 8.98. The number of ether oxygens (including phenoxy) is 1. The molecule has 1 atom stereocenters. The van der Waals surface area contributed by atoms with Crippen molar-refractivity contribution in [1.82, 2.24) is 10.6 Å². The van der Waals surface area contributed by atoms with E-state index in [2.05, 4.69) is 10.6 Å². The number of amides is 2. The molecule has 0 radical (unpaired) electrons. The summed E-state index contributed by atoms with van der Waals surface area (Å²) in [6.45, 7) is 5.53. The standard InChI is InChI=1S/C18H26N2O5S/c1-18(2,3)25-17(24)20-14(16(22)23)11-26-12-15(21)19-10-9-13-7-5-4-6-8-13/h4-8,14H,9-12H2,1-3H3,(H,19,21)(H,20,24)(H,22,23)/p-1/t14-/m0/s1. The first-order chi connectivity index (χ1) is 12.2. The lowest BCUT2D eigenvalue weighted by molar-refractivity contribution is -0.307. The van der Waals surface area contributed by atoms with E-state index < -0.39 is 23.7 Å². The van der Waals surface area contributed by atoms with Crippen molar-refractivity contribution in [3.63, 3.8) is 0 Å². The summed E-state index contributed by atoms with van der Waals surface area (Å²) in [5, 5.41) is 16.1. The molecule has 0 aromatic heterocycles. The van der Waals surface area contributed by atoms with Gasteiger partial charge in [-0.3, -0.25) is 4.79 Å². The first-order valence-corrected chi connectivity index (χ1v) is 9.41. The minimum Gasteiger partial charge on any atom is -0.548 e. The second-order valence-corrected chi connectivity index (χ2v) is 7.65. The van der Waals surface area contributed by atoms with Gasteiger partial charge in [-0.15, -0.1) is 11.8 Å². The summed E-state index contributed by atoms with van der Waals surface area (Å²) in [7, 11) is 0. The number of carboxylic acids is 1. The van der Waals surface area contributed by atoms with Crippen molar-refractivity contribution in [1.29, 1.82) is 0 Å². The molecule has 0 saturated carbocycles. The predicted molar refractivity (Wildman–Crippen MR) is 98.6 cm³/mol. The van der Waals surface area contributed by atoms with E-state index in [9.17, 15) is 19.5 Å². The number of carboxylic acid groups (broad SMARTS) is 1. The Morgan fingerprint density at radius 2 is 1.85 bits per heavy atom. The van der Waals surface area contributed by atoms with E-state index in [0.29, 0.717) is 6.54 Å². The van der Waals surface area contributed by atoms with Crippen LogP contribution in [0.3, 0.4) is 0 Å². The number of nitrogens with one attached hydrogen (secondary N) is 2. The third-order valence-electron chi connectivity index (χ3n) is 3.07. The maximum absolute atomic E-state index is 11.8. The van der Waals surface area contributed by atoms with Gasteiger partial charge in [0.05, 0.1) is 17.8 Å². The molecule has 0 saturated heterocycles. The predicted octanol–water partition coefficient (Wildman–Crippen LogP) is 0.722. The molecule has 144 valence electrons. The summed E-state index contributed by atoms with van der Waals surface area (Å²) in [6, 6.07) is 8.53. The minimum atomic E-state index is -1.42. The van der Waals surface area contributed by atoms with Crippen LogP contribution in [0.5, 0.6) is 0 Å². The molecule has 0 fully saturated rings. The molecule has 8 heteroatoms. The van der Waals surface area contributed by atoms with E-state index in [0.717, 1.165) is 23.7 Å². The summed E-state index contributed by atoms with van der Waals surface area (Å²) in [4.78, 5) is 34.5. The van der Waals surface area contributed by atoms with Crippen LogP contribution in [0.25, 0.3) is 0 Å². The third-order valence-corrected chi connectivity index (χ3v) is 4.11. The Hall–Kier alpha value is -2.22. The molecule has 1 aromatic rings. The van der Waals surface area contributed by atoms with Crippen LogP contribution in [0, 0.1) is 0 Å². The molecule has 1 rings (SSSR count). The molecule has 0 unspecified atom stereocenters. The first kappa shape index (κ1) is 21.8. The normalized spacial score (nSPS) is 12.1. The van der Waals surface area contributed by atoms with Crippen molar-refractivity contribution in [2.45, 2.75) is 38.8 Å². The van der Waals surface area contributed by atoms with Gasteiger partial charge in [-0.2, -0.15) is 0 Å². The van der Waals surface area contributed by atoms with Crippen molar-refractivity contribution in [3.05, 3.63) is 35.9 Å². The number of rotatable bonds is 9. The van der Waals surface area contributed by atoms with Crippen LogP contribution in [0.2, 0.25) is 0 Å². The molecule has 7 nitrogen and oxygen atoms in total. The van der Waals surface area contributed by atoms with E-state index in [1.807, 2.05) is 30.3 Å². The minimum absolute atomic E-state index is 0.00762. The molecule has 0 aliphatic carbocycles. The average Bonchev–Trinajstić information content (AvgIpc) is 2.53. The van der Waals surface area contributed by atoms with Crippen LogP contribution in [-0.2, 0) is 20.7 Å². The lowest BCUT2D eigenvalue weighted by Gasteiger charge is -2.24. The molecule has 0 aliphatic heterocycles. The molecule has 0 aliphatic rings. The summed E-state index contributed by atoms with van der Waals surface area (Å²) in [6.07, 6.45) is -0.112. The zero-order valence-corrected chi connectivity index (χ0v) is 16.1. The topological polar surface area (TPSA) is 108 Å². The maximum atomic E-state index is 11.8. The summed E-state index contributed by atoms with van der Waals surface area (Å²) >= 11 is 1.10. The second-order valence-electron chi connectivity index (χ2n) is 6.62. The highest BCUT2D eigenvalue weighted by Gasteiger charge is 2.20. The molecule has 0 bridgehead atoms. The van der Waals surface area contributed by atoms with Crippen LogP contribution in [-0.4, -0.2) is 47.7 Å². The van der Waals surface area contributed by atoms with Gasteiger partial charge in [0.25, 0.3) is 0 Å². The Bertz CT molecular complexity index is 601. The van der Waals surface area contributed by atoms with Gasteiger partial charge >= 0.3 is 6.09 Å². The van der Waals surface area contributed by atoms with Crippen LogP contribution in [0.15, 0.2) is 30.3 Å². The quantitative estimate of drug-likeness (QED) is 0.653. The van der Waals surface area contributed by atoms with E-state index in [1.165, 1.54) is 0 Å². The maximum Gasteiger partial charge on any atom is 0.408 e. The van der Waals surface area contributed by atoms with Crippen molar-refractivity contribution < 1.29 is 24.2 Å². The van der Waals surface area contributed by atoms with Crippen molar-refractivity contribution >= 4 is 29.7 Å². The fourth-order valence-electron chi connectivity index (χ4n) is 1.93. The van der Waals surface area contributed by atoms with Gasteiger partial charge in [-0.05, 0) is 32.8 Å². The fraction of sp³-hybridized carbons (Fsp3) is 0.500. The Morgan fingerprint density at radius 3 is 2.42 bits per heavy atom. The first-order valence-electron chi connectivity index (χ1n) is 8.26. The number of carbonyl (C=O) groups excluding carboxylic acids is 3. The summed E-state index contributed by atoms with van der Waals surface area (Å²) in [5.74, 6) is -1.52. The molecule has 2 N–H and O–H groups in total. The SMILES string of the molecule is CC(C)(C)OC(=O)N[C@@H](CSCC(=O)NCCc1ccccc1)C(=O)[O-]. The summed E-state index contributed by atoms with van der Waals surface area (Å²) in [5.41, 5.74) is 0.394. The Labute approximate surface area is 157 Å². The molecule has 1 aromatic carbocycles. The van der Waals surface area contributed by atoms with E-state index in [1.54, 1.807) is 20.8 Å². The number of benzene rings is 1. The highest BCUT2D eigenvalue weighted by molar-refractivity contribution is 8.00. The molecular weight excluding hydrogens is 356 g/mol. The number of hydrogen-bond donors (Lipinski definition) is 2. The van der Waals surface area contributed by atoms with Gasteiger partial charge in [0.1, 0.15) is 5.60 Å². The zero-order chi connectivity index (χ0) is 19.6. The summed E-state index contributed by atoms with van der Waals surface area (Å²) < 4.78 is 5.01. The molecule has 0 heterocycles. The number of thioether (sulfide) groups is 1. The van der Waals surface area contributed by atoms with Gasteiger partial charge < -0.3 is 25.3 Å². The highest BCUT2D eigenvalue weighted by atomic mass is 32.2. The van der Waals surface area contributed by atoms with Crippen LogP contribution < -0.4 is 15.7 Å². The van der Waals surface area contributed by atoms with E-state index >= 15 is 0 Å². The largest absolute Gasteiger partial charge is 0.548 e.